The molecular formula is C23H26ClF2NO5S2. The van der Waals surface area contributed by atoms with Gasteiger partial charge in [-0.2, -0.15) is 0 Å². The number of halogens is 3. The number of benzene rings is 2. The van der Waals surface area contributed by atoms with Crippen LogP contribution in [-0.4, -0.2) is 34.7 Å². The molecule has 2 aromatic carbocycles. The van der Waals surface area contributed by atoms with Crippen molar-refractivity contribution >= 4 is 31.5 Å². The second-order valence-electron chi connectivity index (χ2n) is 9.02. The lowest BCUT2D eigenvalue weighted by Crippen LogP contribution is -2.63. The van der Waals surface area contributed by atoms with Crippen molar-refractivity contribution in [2.24, 2.45) is 11.8 Å². The molecule has 2 fully saturated rings. The van der Waals surface area contributed by atoms with E-state index in [-0.39, 0.29) is 43.8 Å². The average molecular weight is 534 g/mol. The molecule has 11 heteroatoms. The second-order valence-corrected chi connectivity index (χ2v) is 13.8. The smallest absolute Gasteiger partial charge is 0.214 e. The molecule has 186 valence electrons. The fraction of sp³-hybridized carbons (Fsp3) is 0.478. The molecule has 1 saturated heterocycles. The van der Waals surface area contributed by atoms with Crippen LogP contribution >= 0.6 is 11.6 Å². The number of ether oxygens (including phenoxy) is 1. The summed E-state index contributed by atoms with van der Waals surface area (Å²) in [5, 5.41) is -0.418. The molecule has 1 N–H and O–H groups in total. The summed E-state index contributed by atoms with van der Waals surface area (Å²) in [7, 11) is -7.82. The highest BCUT2D eigenvalue weighted by Crippen LogP contribution is 2.59. The summed E-state index contributed by atoms with van der Waals surface area (Å²) in [6, 6.07) is 6.90. The van der Waals surface area contributed by atoms with E-state index in [4.69, 9.17) is 16.3 Å². The molecule has 0 unspecified atom stereocenters. The van der Waals surface area contributed by atoms with Crippen molar-refractivity contribution in [1.29, 1.82) is 0 Å². The molecule has 2 aliphatic heterocycles. The van der Waals surface area contributed by atoms with E-state index in [9.17, 15) is 21.2 Å². The molecule has 0 amide bonds. The summed E-state index contributed by atoms with van der Waals surface area (Å²) in [6.45, 7) is 1.39. The molecule has 1 aliphatic carbocycles. The van der Waals surface area contributed by atoms with E-state index >= 15 is 4.39 Å². The molecule has 34 heavy (non-hydrogen) atoms. The second kappa shape index (κ2) is 8.43. The first-order valence-electron chi connectivity index (χ1n) is 10.6. The number of hydrogen-bond acceptors (Lipinski definition) is 5. The topological polar surface area (TPSA) is 89.5 Å². The Morgan fingerprint density at radius 1 is 1.12 bits per heavy atom. The Bertz CT molecular complexity index is 1330. The standard InChI is InChI=1S/C22H22ClF2NO5S2.CH4/c1-12-10-15-16-11-31-21-18(25)7-6-17(24)20(21)22(16,9-8-19(15)26-33(12,29)30)32(27,28)14-4-2-13(23)3-5-14;/h2-7,12,15-16,19,26H,8-11H2,1H3;1H4/t12-,15+,16+,19-,22+;/m0./s1. The zero-order valence-corrected chi connectivity index (χ0v) is 20.0. The van der Waals surface area contributed by atoms with Gasteiger partial charge in [0.25, 0.3) is 0 Å². The fourth-order valence-corrected chi connectivity index (χ4v) is 9.76. The highest BCUT2D eigenvalue weighted by Gasteiger charge is 2.64. The minimum atomic E-state index is -4.27. The molecule has 2 heterocycles. The quantitative estimate of drug-likeness (QED) is 0.617. The molecule has 5 atom stereocenters. The molecule has 2 aromatic rings. The summed E-state index contributed by atoms with van der Waals surface area (Å²) in [5.74, 6) is -3.32. The Labute approximate surface area is 203 Å². The van der Waals surface area contributed by atoms with Gasteiger partial charge in [0.05, 0.1) is 22.3 Å². The van der Waals surface area contributed by atoms with Crippen LogP contribution < -0.4 is 9.46 Å². The van der Waals surface area contributed by atoms with Crippen molar-refractivity contribution in [3.05, 3.63) is 58.6 Å². The first-order valence-corrected chi connectivity index (χ1v) is 14.0. The number of sulfone groups is 1. The van der Waals surface area contributed by atoms with Crippen LogP contribution in [0.15, 0.2) is 41.3 Å². The molecular weight excluding hydrogens is 508 g/mol. The lowest BCUT2D eigenvalue weighted by molar-refractivity contribution is 0.0500. The van der Waals surface area contributed by atoms with Gasteiger partial charge < -0.3 is 4.74 Å². The van der Waals surface area contributed by atoms with Crippen LogP contribution in [0.5, 0.6) is 5.75 Å². The van der Waals surface area contributed by atoms with E-state index in [2.05, 4.69) is 4.72 Å². The predicted octanol–water partition coefficient (Wildman–Crippen LogP) is 4.42. The van der Waals surface area contributed by atoms with E-state index in [1.54, 1.807) is 6.92 Å². The lowest BCUT2D eigenvalue weighted by atomic mass is 9.64. The normalized spacial score (nSPS) is 31.8. The Morgan fingerprint density at radius 3 is 2.44 bits per heavy atom. The van der Waals surface area contributed by atoms with Crippen LogP contribution in [0.1, 0.15) is 39.2 Å². The maximum atomic E-state index is 15.4. The number of hydrogen-bond donors (Lipinski definition) is 1. The van der Waals surface area contributed by atoms with E-state index in [1.807, 2.05) is 0 Å². The van der Waals surface area contributed by atoms with Gasteiger partial charge in [-0.1, -0.05) is 19.0 Å². The van der Waals surface area contributed by atoms with Crippen molar-refractivity contribution in [1.82, 2.24) is 4.72 Å². The van der Waals surface area contributed by atoms with Crippen molar-refractivity contribution < 1.29 is 30.4 Å². The van der Waals surface area contributed by atoms with Gasteiger partial charge in [-0.15, -0.1) is 0 Å². The van der Waals surface area contributed by atoms with Gasteiger partial charge in [-0.3, -0.25) is 0 Å². The van der Waals surface area contributed by atoms with E-state index < -0.39 is 65.1 Å². The third-order valence-corrected chi connectivity index (χ3v) is 12.1. The number of nitrogens with one attached hydrogen (secondary N) is 1. The Morgan fingerprint density at radius 2 is 1.76 bits per heavy atom. The average Bonchev–Trinajstić information content (AvgIpc) is 2.76. The van der Waals surface area contributed by atoms with E-state index in [0.717, 1.165) is 12.1 Å². The van der Waals surface area contributed by atoms with Crippen LogP contribution in [-0.2, 0) is 24.6 Å². The molecule has 0 radical (unpaired) electrons. The molecule has 3 aliphatic rings. The zero-order chi connectivity index (χ0) is 23.8. The van der Waals surface area contributed by atoms with Crippen LogP contribution in [0, 0.1) is 23.5 Å². The third-order valence-electron chi connectivity index (χ3n) is 7.40. The highest BCUT2D eigenvalue weighted by atomic mass is 35.5. The number of sulfonamides is 1. The fourth-order valence-electron chi connectivity index (χ4n) is 5.81. The first kappa shape index (κ1) is 25.3. The lowest BCUT2D eigenvalue weighted by Gasteiger charge is -2.54. The van der Waals surface area contributed by atoms with Gasteiger partial charge in [0, 0.05) is 17.0 Å². The van der Waals surface area contributed by atoms with E-state index in [1.165, 1.54) is 24.3 Å². The molecule has 1 saturated carbocycles. The summed E-state index contributed by atoms with van der Waals surface area (Å²) >= 11 is 5.95. The van der Waals surface area contributed by atoms with Gasteiger partial charge in [-0.05, 0) is 68.5 Å². The van der Waals surface area contributed by atoms with Crippen molar-refractivity contribution in [2.45, 2.75) is 54.5 Å². The number of rotatable bonds is 2. The van der Waals surface area contributed by atoms with Gasteiger partial charge in [0.1, 0.15) is 10.6 Å². The van der Waals surface area contributed by atoms with Crippen LogP contribution in [0.2, 0.25) is 5.02 Å². The molecule has 5 rings (SSSR count). The molecule has 0 bridgehead atoms. The van der Waals surface area contributed by atoms with Crippen LogP contribution in [0.3, 0.4) is 0 Å². The Kier molecular flexibility index (Phi) is 6.28. The monoisotopic (exact) mass is 533 g/mol. The van der Waals surface area contributed by atoms with Gasteiger partial charge in [-0.25, -0.2) is 30.3 Å². The molecule has 0 aromatic heterocycles. The van der Waals surface area contributed by atoms with Crippen molar-refractivity contribution in [3.8, 4) is 5.75 Å². The SMILES string of the molecule is C.C[C@H]1C[C@H]2[C@H](CC[C@]3(S(=O)(=O)c4ccc(Cl)cc4)c4c(F)ccc(F)c4OC[C@H]23)NS1(=O)=O. The van der Waals surface area contributed by atoms with Gasteiger partial charge >= 0.3 is 0 Å². The van der Waals surface area contributed by atoms with Crippen molar-refractivity contribution in [2.75, 3.05) is 6.61 Å². The Hall–Kier alpha value is -1.75. The summed E-state index contributed by atoms with van der Waals surface area (Å²) in [4.78, 5) is -0.0590. The van der Waals surface area contributed by atoms with Crippen LogP contribution in [0.4, 0.5) is 8.78 Å². The largest absolute Gasteiger partial charge is 0.490 e. The maximum Gasteiger partial charge on any atom is 0.214 e. The molecule has 6 nitrogen and oxygen atoms in total. The van der Waals surface area contributed by atoms with Gasteiger partial charge in [0.15, 0.2) is 21.4 Å². The summed E-state index contributed by atoms with van der Waals surface area (Å²) < 4.78 is 89.9. The third kappa shape index (κ3) is 3.48. The van der Waals surface area contributed by atoms with Crippen molar-refractivity contribution in [3.63, 3.8) is 0 Å². The zero-order valence-electron chi connectivity index (χ0n) is 17.6. The van der Waals surface area contributed by atoms with Gasteiger partial charge in [0.2, 0.25) is 10.0 Å². The minimum absolute atomic E-state index is 0. The summed E-state index contributed by atoms with van der Waals surface area (Å²) in [6.07, 6.45) is 0.269. The predicted molar refractivity (Wildman–Crippen MR) is 125 cm³/mol. The Balaban J connectivity index is 0.00000274. The number of fused-ring (bicyclic) bond motifs is 5. The summed E-state index contributed by atoms with van der Waals surface area (Å²) in [5.41, 5.74) is -0.312. The highest BCUT2D eigenvalue weighted by molar-refractivity contribution is 7.92. The maximum absolute atomic E-state index is 15.4. The first-order chi connectivity index (χ1) is 15.5. The van der Waals surface area contributed by atoms with Crippen LogP contribution in [0.25, 0.3) is 0 Å². The van der Waals surface area contributed by atoms with E-state index in [0.29, 0.717) is 5.02 Å². The molecule has 0 spiro atoms. The minimum Gasteiger partial charge on any atom is -0.490 e.